The van der Waals surface area contributed by atoms with Crippen LogP contribution in [0.3, 0.4) is 0 Å². The SMILES string of the molecule is CCCNC(c1ccc(CC)cc1)C(C)(C)N(C)C. The van der Waals surface area contributed by atoms with Gasteiger partial charge in [0.05, 0.1) is 6.04 Å². The quantitative estimate of drug-likeness (QED) is 0.807. The minimum Gasteiger partial charge on any atom is -0.308 e. The number of hydrogen-bond acceptors (Lipinski definition) is 2. The molecule has 0 radical (unpaired) electrons. The van der Waals surface area contributed by atoms with Crippen LogP contribution in [-0.2, 0) is 6.42 Å². The topological polar surface area (TPSA) is 15.3 Å². The third-order valence-corrected chi connectivity index (χ3v) is 4.18. The summed E-state index contributed by atoms with van der Waals surface area (Å²) < 4.78 is 0. The monoisotopic (exact) mass is 262 g/mol. The molecule has 2 heteroatoms. The largest absolute Gasteiger partial charge is 0.308 e. The molecule has 1 aromatic carbocycles. The van der Waals surface area contributed by atoms with E-state index in [1.165, 1.54) is 11.1 Å². The number of benzene rings is 1. The molecule has 2 nitrogen and oxygen atoms in total. The van der Waals surface area contributed by atoms with Gasteiger partial charge in [-0.2, -0.15) is 0 Å². The van der Waals surface area contributed by atoms with Crippen LogP contribution in [0.1, 0.15) is 51.3 Å². The Morgan fingerprint density at radius 2 is 1.68 bits per heavy atom. The van der Waals surface area contributed by atoms with Crippen molar-refractivity contribution in [1.82, 2.24) is 10.2 Å². The third-order valence-electron chi connectivity index (χ3n) is 4.18. The molecule has 0 aliphatic rings. The van der Waals surface area contributed by atoms with Crippen molar-refractivity contribution in [2.24, 2.45) is 0 Å². The van der Waals surface area contributed by atoms with E-state index in [4.69, 9.17) is 0 Å². The average Bonchev–Trinajstić information content (AvgIpc) is 2.39. The lowest BCUT2D eigenvalue weighted by Gasteiger charge is -2.41. The molecule has 0 bridgehead atoms. The highest BCUT2D eigenvalue weighted by Crippen LogP contribution is 2.29. The smallest absolute Gasteiger partial charge is 0.0501 e. The van der Waals surface area contributed by atoms with Gasteiger partial charge in [0.25, 0.3) is 0 Å². The molecule has 1 atom stereocenters. The summed E-state index contributed by atoms with van der Waals surface area (Å²) >= 11 is 0. The first kappa shape index (κ1) is 16.2. The highest BCUT2D eigenvalue weighted by Gasteiger charge is 2.32. The molecule has 0 aliphatic carbocycles. The van der Waals surface area contributed by atoms with E-state index in [0.717, 1.165) is 19.4 Å². The van der Waals surface area contributed by atoms with E-state index in [1.54, 1.807) is 0 Å². The van der Waals surface area contributed by atoms with Crippen molar-refractivity contribution >= 4 is 0 Å². The Kier molecular flexibility index (Phi) is 6.02. The van der Waals surface area contributed by atoms with E-state index < -0.39 is 0 Å². The van der Waals surface area contributed by atoms with Crippen LogP contribution >= 0.6 is 0 Å². The van der Waals surface area contributed by atoms with Crippen LogP contribution in [0, 0.1) is 0 Å². The average molecular weight is 262 g/mol. The fraction of sp³-hybridized carbons (Fsp3) is 0.647. The molecule has 0 amide bonds. The van der Waals surface area contributed by atoms with Crippen LogP contribution < -0.4 is 5.32 Å². The molecule has 0 aromatic heterocycles. The standard InChI is InChI=1S/C17H30N2/c1-7-13-18-16(17(3,4)19(5)6)15-11-9-14(8-2)10-12-15/h9-12,16,18H,7-8,13H2,1-6H3. The second-order valence-corrected chi connectivity index (χ2v) is 6.03. The lowest BCUT2D eigenvalue weighted by Crippen LogP contribution is -2.49. The number of nitrogens with one attached hydrogen (secondary N) is 1. The zero-order valence-electron chi connectivity index (χ0n) is 13.5. The van der Waals surface area contributed by atoms with Gasteiger partial charge in [0.1, 0.15) is 0 Å². The zero-order chi connectivity index (χ0) is 14.5. The molecule has 108 valence electrons. The van der Waals surface area contributed by atoms with Crippen molar-refractivity contribution < 1.29 is 0 Å². The predicted octanol–water partition coefficient (Wildman–Crippen LogP) is 3.63. The lowest BCUT2D eigenvalue weighted by atomic mass is 9.87. The van der Waals surface area contributed by atoms with Crippen molar-refractivity contribution in [3.63, 3.8) is 0 Å². The van der Waals surface area contributed by atoms with Crippen molar-refractivity contribution in [1.29, 1.82) is 0 Å². The molecule has 0 fully saturated rings. The van der Waals surface area contributed by atoms with E-state index >= 15 is 0 Å². The summed E-state index contributed by atoms with van der Waals surface area (Å²) in [6, 6.07) is 9.41. The molecule has 0 heterocycles. The van der Waals surface area contributed by atoms with Crippen molar-refractivity contribution in [3.05, 3.63) is 35.4 Å². The van der Waals surface area contributed by atoms with E-state index in [-0.39, 0.29) is 5.54 Å². The number of hydrogen-bond donors (Lipinski definition) is 1. The van der Waals surface area contributed by atoms with Gasteiger partial charge in [-0.3, -0.25) is 0 Å². The second-order valence-electron chi connectivity index (χ2n) is 6.03. The van der Waals surface area contributed by atoms with Gasteiger partial charge >= 0.3 is 0 Å². The Hall–Kier alpha value is -0.860. The molecule has 0 spiro atoms. The van der Waals surface area contributed by atoms with Crippen LogP contribution in [0.25, 0.3) is 0 Å². The Balaban J connectivity index is 3.01. The Morgan fingerprint density at radius 3 is 2.11 bits per heavy atom. The van der Waals surface area contributed by atoms with Gasteiger partial charge in [-0.15, -0.1) is 0 Å². The van der Waals surface area contributed by atoms with Crippen molar-refractivity contribution in [2.45, 2.75) is 52.1 Å². The molecular formula is C17H30N2. The fourth-order valence-electron chi connectivity index (χ4n) is 2.27. The predicted molar refractivity (Wildman–Crippen MR) is 84.6 cm³/mol. The minimum atomic E-state index is 0.0862. The van der Waals surface area contributed by atoms with Crippen molar-refractivity contribution in [2.75, 3.05) is 20.6 Å². The summed E-state index contributed by atoms with van der Waals surface area (Å²) in [6.45, 7) is 10.1. The maximum atomic E-state index is 3.70. The highest BCUT2D eigenvalue weighted by molar-refractivity contribution is 5.27. The van der Waals surface area contributed by atoms with Gasteiger partial charge in [-0.25, -0.2) is 0 Å². The lowest BCUT2D eigenvalue weighted by molar-refractivity contribution is 0.138. The molecule has 1 unspecified atom stereocenters. The van der Waals surface area contributed by atoms with Crippen LogP contribution in [0.4, 0.5) is 0 Å². The maximum Gasteiger partial charge on any atom is 0.0501 e. The van der Waals surface area contributed by atoms with Gasteiger partial charge in [-0.1, -0.05) is 38.1 Å². The number of nitrogens with zero attached hydrogens (tertiary/aromatic N) is 1. The molecule has 19 heavy (non-hydrogen) atoms. The van der Waals surface area contributed by atoms with Crippen LogP contribution in [0.2, 0.25) is 0 Å². The first-order valence-corrected chi connectivity index (χ1v) is 7.43. The summed E-state index contributed by atoms with van der Waals surface area (Å²) in [5, 5.41) is 3.70. The van der Waals surface area contributed by atoms with Crippen LogP contribution in [0.5, 0.6) is 0 Å². The van der Waals surface area contributed by atoms with E-state index in [1.807, 2.05) is 0 Å². The first-order chi connectivity index (χ1) is 8.93. The molecule has 0 aliphatic heterocycles. The summed E-state index contributed by atoms with van der Waals surface area (Å²) in [5.41, 5.74) is 2.87. The molecule has 0 saturated carbocycles. The molecular weight excluding hydrogens is 232 g/mol. The van der Waals surface area contributed by atoms with Crippen molar-refractivity contribution in [3.8, 4) is 0 Å². The molecule has 1 rings (SSSR count). The van der Waals surface area contributed by atoms with Gasteiger partial charge in [0.2, 0.25) is 0 Å². The fourth-order valence-corrected chi connectivity index (χ4v) is 2.27. The van der Waals surface area contributed by atoms with E-state index in [0.29, 0.717) is 6.04 Å². The summed E-state index contributed by atoms with van der Waals surface area (Å²) in [7, 11) is 4.31. The number of aryl methyl sites for hydroxylation is 1. The first-order valence-electron chi connectivity index (χ1n) is 7.43. The van der Waals surface area contributed by atoms with Gasteiger partial charge in [-0.05, 0) is 58.5 Å². The number of likely N-dealkylation sites (N-methyl/N-ethyl adjacent to an activating group) is 1. The second kappa shape index (κ2) is 7.06. The van der Waals surface area contributed by atoms with Gasteiger partial charge in [0.15, 0.2) is 0 Å². The van der Waals surface area contributed by atoms with Crippen LogP contribution in [0.15, 0.2) is 24.3 Å². The third kappa shape index (κ3) is 4.05. The summed E-state index contributed by atoms with van der Waals surface area (Å²) in [5.74, 6) is 0. The molecule has 1 N–H and O–H groups in total. The van der Waals surface area contributed by atoms with Crippen LogP contribution in [-0.4, -0.2) is 31.1 Å². The Labute approximate surface area is 119 Å². The zero-order valence-corrected chi connectivity index (χ0v) is 13.5. The molecule has 0 saturated heterocycles. The molecule has 1 aromatic rings. The minimum absolute atomic E-state index is 0.0862. The van der Waals surface area contributed by atoms with E-state index in [2.05, 4.69) is 76.3 Å². The van der Waals surface area contributed by atoms with Gasteiger partial charge in [0, 0.05) is 5.54 Å². The van der Waals surface area contributed by atoms with Gasteiger partial charge < -0.3 is 10.2 Å². The summed E-state index contributed by atoms with van der Waals surface area (Å²) in [4.78, 5) is 2.30. The maximum absolute atomic E-state index is 3.70. The highest BCUT2D eigenvalue weighted by atomic mass is 15.2. The normalized spacial score (nSPS) is 13.8. The van der Waals surface area contributed by atoms with E-state index in [9.17, 15) is 0 Å². The Bertz CT molecular complexity index is 365. The summed E-state index contributed by atoms with van der Waals surface area (Å²) in [6.07, 6.45) is 2.26. The number of rotatable bonds is 7. The Morgan fingerprint density at radius 1 is 1.11 bits per heavy atom.